The maximum atomic E-state index is 4.74. The van der Waals surface area contributed by atoms with Crippen LogP contribution in [0.1, 0.15) is 19.3 Å². The van der Waals surface area contributed by atoms with Gasteiger partial charge in [-0.1, -0.05) is 0 Å². The quantitative estimate of drug-likeness (QED) is 0.706. The van der Waals surface area contributed by atoms with Gasteiger partial charge in [-0.2, -0.15) is 15.3 Å². The lowest BCUT2D eigenvalue weighted by Gasteiger charge is -2.27. The fraction of sp³-hybridized carbons (Fsp3) is 0.750. The lowest BCUT2D eigenvalue weighted by molar-refractivity contribution is -0.0412. The maximum absolute atomic E-state index is 4.74. The van der Waals surface area contributed by atoms with Gasteiger partial charge in [-0.05, 0) is 6.42 Å². The molecule has 2 N–H and O–H groups in total. The molecule has 8 nitrogen and oxygen atoms in total. The highest BCUT2D eigenvalue weighted by atomic mass is 15.9. The molecule has 0 saturated carbocycles. The molecule has 0 radical (unpaired) electrons. The molecule has 0 amide bonds. The summed E-state index contributed by atoms with van der Waals surface area (Å²) in [6.07, 6.45) is 5.17. The smallest absolute Gasteiger partial charge is 0.105 e. The summed E-state index contributed by atoms with van der Waals surface area (Å²) in [5.74, 6) is 0. The Balaban J connectivity index is 1.39. The highest BCUT2D eigenvalue weighted by molar-refractivity contribution is 6.43. The molecule has 1 saturated heterocycles. The molecule has 1 atom stereocenters. The summed E-state index contributed by atoms with van der Waals surface area (Å²) in [6.45, 7) is 4.84. The second kappa shape index (κ2) is 5.02. The van der Waals surface area contributed by atoms with Crippen LogP contribution in [0.15, 0.2) is 15.3 Å². The van der Waals surface area contributed by atoms with E-state index in [1.807, 2.05) is 11.3 Å². The lowest BCUT2D eigenvalue weighted by atomic mass is 10.1. The Bertz CT molecular complexity index is 464. The van der Waals surface area contributed by atoms with Crippen molar-refractivity contribution < 1.29 is 0 Å². The van der Waals surface area contributed by atoms with E-state index in [0.29, 0.717) is 0 Å². The van der Waals surface area contributed by atoms with Gasteiger partial charge in [-0.25, -0.2) is 10.5 Å². The van der Waals surface area contributed by atoms with Crippen LogP contribution in [-0.4, -0.2) is 71.6 Å². The SMILES string of the molecule is C1=NN(N2CCCN2)CC1N1CCC(C2=NNCC2)=N1. The van der Waals surface area contributed by atoms with Crippen LogP contribution in [-0.2, 0) is 0 Å². The minimum Gasteiger partial charge on any atom is -0.309 e. The number of hydrogen-bond acceptors (Lipinski definition) is 8. The predicted octanol–water partition coefficient (Wildman–Crippen LogP) is -0.807. The third-order valence-electron chi connectivity index (χ3n) is 4.07. The van der Waals surface area contributed by atoms with Crippen molar-refractivity contribution in [3.05, 3.63) is 0 Å². The first-order valence-electron chi connectivity index (χ1n) is 7.37. The van der Waals surface area contributed by atoms with Crippen LogP contribution in [0.5, 0.6) is 0 Å². The van der Waals surface area contributed by atoms with Crippen LogP contribution >= 0.6 is 0 Å². The number of nitrogens with zero attached hydrogens (tertiary/aromatic N) is 6. The molecule has 0 bridgehead atoms. The normalized spacial score (nSPS) is 30.1. The highest BCUT2D eigenvalue weighted by Crippen LogP contribution is 2.18. The van der Waals surface area contributed by atoms with E-state index in [0.717, 1.165) is 57.0 Å². The minimum atomic E-state index is 0.268. The third-order valence-corrected chi connectivity index (χ3v) is 4.07. The summed E-state index contributed by atoms with van der Waals surface area (Å²) in [7, 11) is 0. The fourth-order valence-electron chi connectivity index (χ4n) is 2.97. The monoisotopic (exact) mass is 276 g/mol. The summed E-state index contributed by atoms with van der Waals surface area (Å²) < 4.78 is 0. The van der Waals surface area contributed by atoms with Gasteiger partial charge in [-0.15, -0.1) is 5.12 Å². The number of nitrogens with one attached hydrogen (secondary N) is 2. The summed E-state index contributed by atoms with van der Waals surface area (Å²) in [6, 6.07) is 0.268. The average Bonchev–Trinajstić information content (AvgIpc) is 3.22. The molecule has 0 aliphatic carbocycles. The van der Waals surface area contributed by atoms with Crippen molar-refractivity contribution in [2.75, 3.05) is 32.7 Å². The van der Waals surface area contributed by atoms with Crippen molar-refractivity contribution in [1.29, 1.82) is 0 Å². The van der Waals surface area contributed by atoms with E-state index < -0.39 is 0 Å². The van der Waals surface area contributed by atoms with Crippen LogP contribution < -0.4 is 10.9 Å². The minimum absolute atomic E-state index is 0.268. The summed E-state index contributed by atoms with van der Waals surface area (Å²) >= 11 is 0. The first-order valence-corrected chi connectivity index (χ1v) is 7.37. The number of hydrazone groups is 3. The molecule has 1 fully saturated rings. The van der Waals surface area contributed by atoms with Gasteiger partial charge in [0.15, 0.2) is 0 Å². The average molecular weight is 276 g/mol. The van der Waals surface area contributed by atoms with Gasteiger partial charge in [0.25, 0.3) is 0 Å². The molecule has 0 aromatic carbocycles. The standard InChI is InChI=1S/C12H20N8/c1-4-14-19(6-1)20-9-10(8-15-20)18-7-3-12(17-18)11-2-5-13-16-11/h8,10,13-14H,1-7,9H2. The van der Waals surface area contributed by atoms with Gasteiger partial charge in [0.2, 0.25) is 0 Å². The molecule has 108 valence electrons. The first-order chi connectivity index (χ1) is 9.90. The van der Waals surface area contributed by atoms with Crippen molar-refractivity contribution in [2.45, 2.75) is 25.3 Å². The number of hydrazine groups is 2. The molecular formula is C12H20N8. The van der Waals surface area contributed by atoms with E-state index >= 15 is 0 Å². The summed E-state index contributed by atoms with van der Waals surface area (Å²) in [5, 5.41) is 19.8. The largest absolute Gasteiger partial charge is 0.309 e. The van der Waals surface area contributed by atoms with Gasteiger partial charge in [0, 0.05) is 39.0 Å². The van der Waals surface area contributed by atoms with Gasteiger partial charge < -0.3 is 5.43 Å². The number of rotatable bonds is 3. The van der Waals surface area contributed by atoms with E-state index in [4.69, 9.17) is 5.10 Å². The van der Waals surface area contributed by atoms with E-state index in [9.17, 15) is 0 Å². The third kappa shape index (κ3) is 2.14. The molecule has 4 heterocycles. The van der Waals surface area contributed by atoms with Gasteiger partial charge >= 0.3 is 0 Å². The van der Waals surface area contributed by atoms with Crippen molar-refractivity contribution in [1.82, 2.24) is 26.1 Å². The molecule has 4 aliphatic heterocycles. The number of hydrogen-bond donors (Lipinski definition) is 2. The Labute approximate surface area is 118 Å². The van der Waals surface area contributed by atoms with Crippen LogP contribution in [0.4, 0.5) is 0 Å². The summed E-state index contributed by atoms with van der Waals surface area (Å²) in [5.41, 5.74) is 8.61. The van der Waals surface area contributed by atoms with Crippen molar-refractivity contribution >= 4 is 17.6 Å². The molecular weight excluding hydrogens is 256 g/mol. The fourth-order valence-corrected chi connectivity index (χ4v) is 2.97. The Morgan fingerprint density at radius 1 is 1.15 bits per heavy atom. The highest BCUT2D eigenvalue weighted by Gasteiger charge is 2.31. The molecule has 1 unspecified atom stereocenters. The molecule has 4 aliphatic rings. The van der Waals surface area contributed by atoms with Crippen LogP contribution in [0.25, 0.3) is 0 Å². The Morgan fingerprint density at radius 2 is 2.15 bits per heavy atom. The zero-order chi connectivity index (χ0) is 13.4. The Kier molecular flexibility index (Phi) is 3.04. The van der Waals surface area contributed by atoms with Crippen molar-refractivity contribution in [2.24, 2.45) is 15.3 Å². The maximum Gasteiger partial charge on any atom is 0.105 e. The molecule has 8 heteroatoms. The molecule has 4 rings (SSSR count). The molecule has 20 heavy (non-hydrogen) atoms. The zero-order valence-electron chi connectivity index (χ0n) is 11.5. The molecule has 0 spiro atoms. The van der Waals surface area contributed by atoms with E-state index in [-0.39, 0.29) is 6.04 Å². The topological polar surface area (TPSA) is 70.9 Å². The Morgan fingerprint density at radius 3 is 2.95 bits per heavy atom. The molecule has 0 aromatic rings. The van der Waals surface area contributed by atoms with E-state index in [1.54, 1.807) is 0 Å². The first kappa shape index (κ1) is 12.1. The second-order valence-corrected chi connectivity index (χ2v) is 5.45. The van der Waals surface area contributed by atoms with Crippen LogP contribution in [0.2, 0.25) is 0 Å². The zero-order valence-corrected chi connectivity index (χ0v) is 11.5. The lowest BCUT2D eigenvalue weighted by Crippen LogP contribution is -2.46. The van der Waals surface area contributed by atoms with Gasteiger partial charge in [0.05, 0.1) is 24.2 Å². The van der Waals surface area contributed by atoms with Crippen molar-refractivity contribution in [3.8, 4) is 0 Å². The van der Waals surface area contributed by atoms with Gasteiger partial charge in [-0.3, -0.25) is 5.01 Å². The summed E-state index contributed by atoms with van der Waals surface area (Å²) in [4.78, 5) is 0. The van der Waals surface area contributed by atoms with Crippen LogP contribution in [0, 0.1) is 0 Å². The van der Waals surface area contributed by atoms with Gasteiger partial charge in [0.1, 0.15) is 6.04 Å². The predicted molar refractivity (Wildman–Crippen MR) is 77.1 cm³/mol. The van der Waals surface area contributed by atoms with Crippen molar-refractivity contribution in [3.63, 3.8) is 0 Å². The van der Waals surface area contributed by atoms with E-state index in [1.165, 1.54) is 6.42 Å². The Hall–Kier alpha value is -1.67. The second-order valence-electron chi connectivity index (χ2n) is 5.45. The van der Waals surface area contributed by atoms with Crippen LogP contribution in [0.3, 0.4) is 0 Å². The molecule has 0 aromatic heterocycles. The van der Waals surface area contributed by atoms with E-state index in [2.05, 4.69) is 31.2 Å².